The lowest BCUT2D eigenvalue weighted by atomic mass is 9.91. The van der Waals surface area contributed by atoms with Gasteiger partial charge in [0.25, 0.3) is 0 Å². The average Bonchev–Trinajstić information content (AvgIpc) is 2.29. The molecule has 1 amide bonds. The van der Waals surface area contributed by atoms with Gasteiger partial charge in [-0.05, 0) is 40.0 Å². The number of likely N-dealkylation sites (tertiary alicyclic amines) is 1. The van der Waals surface area contributed by atoms with Gasteiger partial charge in [-0.3, -0.25) is 4.79 Å². The van der Waals surface area contributed by atoms with Crippen LogP contribution in [0.5, 0.6) is 0 Å². The van der Waals surface area contributed by atoms with Crippen molar-refractivity contribution in [2.45, 2.75) is 52.2 Å². The Balaban J connectivity index is 2.46. The second kappa shape index (κ2) is 6.92. The van der Waals surface area contributed by atoms with Crippen molar-refractivity contribution in [1.82, 2.24) is 4.90 Å². The third-order valence-electron chi connectivity index (χ3n) is 3.11. The summed E-state index contributed by atoms with van der Waals surface area (Å²) in [6.45, 7) is 8.17. The highest BCUT2D eigenvalue weighted by Crippen LogP contribution is 2.23. The molecule has 0 aliphatic carbocycles. The molecule has 1 rings (SSSR count). The molecule has 1 heterocycles. The Bertz CT molecular complexity index is 350. The highest BCUT2D eigenvalue weighted by atomic mass is 16.6. The second-order valence-electron chi connectivity index (χ2n) is 6.05. The van der Waals surface area contributed by atoms with Crippen LogP contribution in [0.25, 0.3) is 0 Å². The van der Waals surface area contributed by atoms with E-state index in [-0.39, 0.29) is 24.9 Å². The predicted octanol–water partition coefficient (Wildman–Crippen LogP) is 1.56. The van der Waals surface area contributed by atoms with Crippen molar-refractivity contribution in [3.05, 3.63) is 0 Å². The topological polar surface area (TPSA) is 76.1 Å². The molecule has 6 heteroatoms. The quantitative estimate of drug-likeness (QED) is 0.797. The van der Waals surface area contributed by atoms with Crippen LogP contribution in [-0.2, 0) is 14.3 Å². The number of amides is 1. The molecular weight excluding hydrogens is 262 g/mol. The number of ether oxygens (including phenoxy) is 2. The summed E-state index contributed by atoms with van der Waals surface area (Å²) in [4.78, 5) is 24.8. The molecule has 1 fully saturated rings. The normalized spacial score (nSPS) is 23.4. The van der Waals surface area contributed by atoms with E-state index < -0.39 is 17.8 Å². The van der Waals surface area contributed by atoms with Crippen LogP contribution in [0.3, 0.4) is 0 Å². The van der Waals surface area contributed by atoms with E-state index in [9.17, 15) is 14.7 Å². The molecule has 20 heavy (non-hydrogen) atoms. The second-order valence-corrected chi connectivity index (χ2v) is 6.05. The minimum absolute atomic E-state index is 0.160. The Morgan fingerprint density at radius 2 is 2.00 bits per heavy atom. The number of hydrogen-bond donors (Lipinski definition) is 1. The van der Waals surface area contributed by atoms with Crippen molar-refractivity contribution in [1.29, 1.82) is 0 Å². The zero-order valence-electron chi connectivity index (χ0n) is 12.7. The van der Waals surface area contributed by atoms with Crippen LogP contribution in [0.2, 0.25) is 0 Å². The molecular formula is C14H25NO5. The number of rotatable bonds is 3. The molecule has 116 valence electrons. The molecule has 0 unspecified atom stereocenters. The molecule has 6 nitrogen and oxygen atoms in total. The third-order valence-corrected chi connectivity index (χ3v) is 3.11. The largest absolute Gasteiger partial charge is 0.466 e. The van der Waals surface area contributed by atoms with Gasteiger partial charge >= 0.3 is 12.1 Å². The summed E-state index contributed by atoms with van der Waals surface area (Å²) in [6.07, 6.45) is -0.386. The number of aliphatic hydroxyl groups is 1. The molecule has 0 aromatic heterocycles. The van der Waals surface area contributed by atoms with Gasteiger partial charge in [0.05, 0.1) is 25.7 Å². The van der Waals surface area contributed by atoms with Gasteiger partial charge in [0.1, 0.15) is 5.60 Å². The fraction of sp³-hybridized carbons (Fsp3) is 0.857. The smallest absolute Gasteiger partial charge is 0.410 e. The molecule has 2 atom stereocenters. The Labute approximate surface area is 120 Å². The summed E-state index contributed by atoms with van der Waals surface area (Å²) < 4.78 is 10.1. The summed E-state index contributed by atoms with van der Waals surface area (Å²) in [5.74, 6) is -0.463. The molecule has 1 N–H and O–H groups in total. The van der Waals surface area contributed by atoms with Gasteiger partial charge in [0.15, 0.2) is 0 Å². The van der Waals surface area contributed by atoms with Crippen molar-refractivity contribution < 1.29 is 24.2 Å². The summed E-state index contributed by atoms with van der Waals surface area (Å²) in [7, 11) is 0. The van der Waals surface area contributed by atoms with Crippen molar-refractivity contribution in [2.75, 3.05) is 19.7 Å². The Morgan fingerprint density at radius 1 is 1.35 bits per heavy atom. The molecule has 1 saturated heterocycles. The summed E-state index contributed by atoms with van der Waals surface area (Å²) in [5, 5.41) is 10.0. The maximum atomic E-state index is 11.9. The SMILES string of the molecule is CCOC(=O)C[C@@H]1CCN(C(=O)OC(C)(C)C)C[C@@H]1O. The van der Waals surface area contributed by atoms with Crippen molar-refractivity contribution in [3.63, 3.8) is 0 Å². The van der Waals surface area contributed by atoms with Crippen LogP contribution in [0.15, 0.2) is 0 Å². The molecule has 0 spiro atoms. The van der Waals surface area contributed by atoms with Gasteiger partial charge in [-0.15, -0.1) is 0 Å². The Kier molecular flexibility index (Phi) is 5.80. The lowest BCUT2D eigenvalue weighted by Gasteiger charge is -2.36. The fourth-order valence-electron chi connectivity index (χ4n) is 2.14. The highest BCUT2D eigenvalue weighted by Gasteiger charge is 2.33. The first kappa shape index (κ1) is 16.8. The maximum Gasteiger partial charge on any atom is 0.410 e. The van der Waals surface area contributed by atoms with Crippen LogP contribution < -0.4 is 0 Å². The zero-order chi connectivity index (χ0) is 15.3. The molecule has 0 radical (unpaired) electrons. The van der Waals surface area contributed by atoms with Gasteiger partial charge in [0, 0.05) is 6.54 Å². The number of aliphatic hydroxyl groups excluding tert-OH is 1. The van der Waals surface area contributed by atoms with Crippen LogP contribution in [0.1, 0.15) is 40.5 Å². The zero-order valence-corrected chi connectivity index (χ0v) is 12.7. The van der Waals surface area contributed by atoms with E-state index in [1.54, 1.807) is 27.7 Å². The number of hydrogen-bond acceptors (Lipinski definition) is 5. The number of piperidine rings is 1. The van der Waals surface area contributed by atoms with Gasteiger partial charge in [-0.2, -0.15) is 0 Å². The fourth-order valence-corrected chi connectivity index (χ4v) is 2.14. The van der Waals surface area contributed by atoms with Gasteiger partial charge in [-0.1, -0.05) is 0 Å². The standard InChI is InChI=1S/C14H25NO5/c1-5-19-12(17)8-10-6-7-15(9-11(10)16)13(18)20-14(2,3)4/h10-11,16H,5-9H2,1-4H3/t10-,11-/m0/s1. The number of esters is 1. The van der Waals surface area contributed by atoms with E-state index in [1.165, 1.54) is 4.90 Å². The van der Waals surface area contributed by atoms with E-state index in [1.807, 2.05) is 0 Å². The molecule has 0 saturated carbocycles. The summed E-state index contributed by atoms with van der Waals surface area (Å²) in [5.41, 5.74) is -0.552. The number of β-amino-alcohol motifs (C(OH)–C–C–N with tert-alkyl or cyclic N) is 1. The molecule has 1 aliphatic heterocycles. The van der Waals surface area contributed by atoms with E-state index in [0.29, 0.717) is 19.6 Å². The highest BCUT2D eigenvalue weighted by molar-refractivity contribution is 5.70. The van der Waals surface area contributed by atoms with E-state index in [2.05, 4.69) is 0 Å². The Hall–Kier alpha value is -1.30. The van der Waals surface area contributed by atoms with Crippen LogP contribution >= 0.6 is 0 Å². The molecule has 0 aromatic rings. The minimum Gasteiger partial charge on any atom is -0.466 e. The Morgan fingerprint density at radius 3 is 2.50 bits per heavy atom. The lowest BCUT2D eigenvalue weighted by Crippen LogP contribution is -2.48. The number of nitrogens with zero attached hydrogens (tertiary/aromatic N) is 1. The van der Waals surface area contributed by atoms with Gasteiger partial charge in [-0.25, -0.2) is 4.79 Å². The van der Waals surface area contributed by atoms with E-state index in [4.69, 9.17) is 9.47 Å². The first-order chi connectivity index (χ1) is 9.23. The van der Waals surface area contributed by atoms with Crippen molar-refractivity contribution >= 4 is 12.1 Å². The van der Waals surface area contributed by atoms with E-state index in [0.717, 1.165) is 0 Å². The monoisotopic (exact) mass is 287 g/mol. The third kappa shape index (κ3) is 5.36. The summed E-state index contributed by atoms with van der Waals surface area (Å²) >= 11 is 0. The molecule has 0 bridgehead atoms. The maximum absolute atomic E-state index is 11.9. The molecule has 1 aliphatic rings. The van der Waals surface area contributed by atoms with E-state index >= 15 is 0 Å². The molecule has 0 aromatic carbocycles. The van der Waals surface area contributed by atoms with Gasteiger partial charge in [0.2, 0.25) is 0 Å². The predicted molar refractivity (Wildman–Crippen MR) is 73.2 cm³/mol. The van der Waals surface area contributed by atoms with Crippen molar-refractivity contribution in [3.8, 4) is 0 Å². The lowest BCUT2D eigenvalue weighted by molar-refractivity contribution is -0.146. The van der Waals surface area contributed by atoms with Crippen LogP contribution in [0, 0.1) is 5.92 Å². The summed E-state index contributed by atoms with van der Waals surface area (Å²) in [6, 6.07) is 0. The average molecular weight is 287 g/mol. The van der Waals surface area contributed by atoms with Crippen LogP contribution in [-0.4, -0.2) is 53.5 Å². The first-order valence-electron chi connectivity index (χ1n) is 7.04. The number of carbonyl (C=O) groups excluding carboxylic acids is 2. The number of carbonyl (C=O) groups is 2. The first-order valence-corrected chi connectivity index (χ1v) is 7.04. The van der Waals surface area contributed by atoms with Crippen LogP contribution in [0.4, 0.5) is 4.79 Å². The van der Waals surface area contributed by atoms with Gasteiger partial charge < -0.3 is 19.5 Å². The minimum atomic E-state index is -0.722. The van der Waals surface area contributed by atoms with Crippen molar-refractivity contribution in [2.24, 2.45) is 5.92 Å².